The number of ether oxygens (including phenoxy) is 4. The van der Waals surface area contributed by atoms with Gasteiger partial charge in [-0.2, -0.15) is 0 Å². The molecule has 0 radical (unpaired) electrons. The molecule has 0 aromatic rings. The maximum absolute atomic E-state index is 13.0. The summed E-state index contributed by atoms with van der Waals surface area (Å²) in [4.78, 5) is 72.4. The molecule has 0 aromatic heterocycles. The molecule has 0 bridgehead atoms. The highest BCUT2D eigenvalue weighted by Gasteiger charge is 2.30. The Bertz CT molecular complexity index is 1730. The van der Waals surface area contributed by atoms with Gasteiger partial charge in [-0.3, -0.25) is 37.3 Å². The maximum atomic E-state index is 13.0. The van der Waals surface area contributed by atoms with E-state index >= 15 is 0 Å². The van der Waals surface area contributed by atoms with Crippen LogP contribution in [0.3, 0.4) is 0 Å². The number of carbonyl (C=O) groups is 4. The average Bonchev–Trinajstić information content (AvgIpc) is 3.69. The van der Waals surface area contributed by atoms with Gasteiger partial charge in [0.05, 0.1) is 26.4 Å². The Morgan fingerprint density at radius 1 is 0.303 bits per heavy atom. The van der Waals surface area contributed by atoms with Gasteiger partial charge in [0, 0.05) is 25.7 Å². The summed E-state index contributed by atoms with van der Waals surface area (Å²) in [5, 5.41) is 10.6. The van der Waals surface area contributed by atoms with Crippen LogP contribution in [0.5, 0.6) is 0 Å². The van der Waals surface area contributed by atoms with Crippen molar-refractivity contribution in [1.82, 2.24) is 0 Å². The van der Waals surface area contributed by atoms with Gasteiger partial charge < -0.3 is 33.8 Å². The standard InChI is InChI=1S/C70H136O17P2/c1-7-9-11-13-15-16-29-36-42-48-54-69(74)86-65(58-80-67(72)52-46-40-32-14-12-10-8-2)60-84-88(76,77)82-56-64(71)57-83-89(78,79)85-61-66(59-81-68(73)53-47-41-35-30-25-22-21-24-28-34-39-45-51-63(5)6)87-70(75)55-49-43-37-31-26-20-18-17-19-23-27-33-38-44-50-62(3)4/h62-66,71H,7-61H2,1-6H3,(H,76,77)(H,78,79)/t64-,65+,66+/m0/s1. The van der Waals surface area contributed by atoms with Gasteiger partial charge in [-0.25, -0.2) is 9.13 Å². The number of rotatable bonds is 69. The van der Waals surface area contributed by atoms with E-state index in [1.165, 1.54) is 161 Å². The summed E-state index contributed by atoms with van der Waals surface area (Å²) in [7, 11) is -9.89. The Morgan fingerprint density at radius 2 is 0.517 bits per heavy atom. The van der Waals surface area contributed by atoms with Crippen LogP contribution in [-0.2, 0) is 65.4 Å². The summed E-state index contributed by atoms with van der Waals surface area (Å²) in [6.45, 7) is 9.53. The number of hydrogen-bond acceptors (Lipinski definition) is 15. The third-order valence-corrected chi connectivity index (χ3v) is 18.1. The molecule has 0 aromatic carbocycles. The molecule has 0 amide bonds. The molecular formula is C70H136O17P2. The molecule has 0 rings (SSSR count). The number of phosphoric acid groups is 2. The van der Waals surface area contributed by atoms with Crippen LogP contribution in [0.2, 0.25) is 0 Å². The number of aliphatic hydroxyl groups is 1. The highest BCUT2D eigenvalue weighted by atomic mass is 31.2. The second-order valence-corrected chi connectivity index (χ2v) is 29.1. The molecule has 0 saturated carbocycles. The van der Waals surface area contributed by atoms with E-state index in [0.717, 1.165) is 115 Å². The number of hydrogen-bond donors (Lipinski definition) is 3. The summed E-state index contributed by atoms with van der Waals surface area (Å²) in [5.41, 5.74) is 0. The maximum Gasteiger partial charge on any atom is 0.472 e. The molecule has 0 spiro atoms. The number of phosphoric ester groups is 2. The second kappa shape index (κ2) is 62.2. The van der Waals surface area contributed by atoms with Crippen LogP contribution < -0.4 is 0 Å². The number of unbranched alkanes of at least 4 members (excludes halogenated alkanes) is 39. The van der Waals surface area contributed by atoms with Gasteiger partial charge in [0.15, 0.2) is 12.2 Å². The van der Waals surface area contributed by atoms with Crippen molar-refractivity contribution in [2.45, 2.75) is 374 Å². The molecule has 17 nitrogen and oxygen atoms in total. The highest BCUT2D eigenvalue weighted by molar-refractivity contribution is 7.47. The molecule has 0 fully saturated rings. The van der Waals surface area contributed by atoms with E-state index in [9.17, 15) is 43.2 Å². The lowest BCUT2D eigenvalue weighted by atomic mass is 10.0. The minimum atomic E-state index is -4.95. The van der Waals surface area contributed by atoms with E-state index in [1.807, 2.05) is 0 Å². The first-order valence-electron chi connectivity index (χ1n) is 36.5. The Balaban J connectivity index is 5.20. The van der Waals surface area contributed by atoms with E-state index < -0.39 is 97.5 Å². The van der Waals surface area contributed by atoms with Crippen molar-refractivity contribution in [3.05, 3.63) is 0 Å². The van der Waals surface area contributed by atoms with Crippen LogP contribution in [0, 0.1) is 11.8 Å². The van der Waals surface area contributed by atoms with Crippen LogP contribution in [0.15, 0.2) is 0 Å². The molecule has 19 heteroatoms. The minimum absolute atomic E-state index is 0.106. The van der Waals surface area contributed by atoms with Crippen molar-refractivity contribution in [3.63, 3.8) is 0 Å². The lowest BCUT2D eigenvalue weighted by Crippen LogP contribution is -2.30. The second-order valence-electron chi connectivity index (χ2n) is 26.2. The van der Waals surface area contributed by atoms with E-state index in [0.29, 0.717) is 25.7 Å². The van der Waals surface area contributed by atoms with Crippen molar-refractivity contribution in [2.75, 3.05) is 39.6 Å². The van der Waals surface area contributed by atoms with Crippen LogP contribution in [0.1, 0.15) is 356 Å². The molecule has 0 aliphatic carbocycles. The Morgan fingerprint density at radius 3 is 0.764 bits per heavy atom. The zero-order valence-corrected chi connectivity index (χ0v) is 59.5. The van der Waals surface area contributed by atoms with Gasteiger partial charge in [-0.05, 0) is 37.5 Å². The molecule has 0 aliphatic rings. The quantitative estimate of drug-likeness (QED) is 0.0222. The van der Waals surface area contributed by atoms with Crippen LogP contribution >= 0.6 is 15.6 Å². The third-order valence-electron chi connectivity index (χ3n) is 16.2. The first-order chi connectivity index (χ1) is 42.9. The third kappa shape index (κ3) is 64.6. The largest absolute Gasteiger partial charge is 0.472 e. The predicted molar refractivity (Wildman–Crippen MR) is 358 cm³/mol. The summed E-state index contributed by atoms with van der Waals surface area (Å²) in [5.74, 6) is -0.551. The van der Waals surface area contributed by atoms with Crippen molar-refractivity contribution in [2.24, 2.45) is 11.8 Å². The summed E-state index contributed by atoms with van der Waals surface area (Å²) < 4.78 is 68.2. The van der Waals surface area contributed by atoms with Gasteiger partial charge in [-0.15, -0.1) is 0 Å². The van der Waals surface area contributed by atoms with E-state index in [1.54, 1.807) is 0 Å². The summed E-state index contributed by atoms with van der Waals surface area (Å²) in [6, 6.07) is 0. The van der Waals surface area contributed by atoms with Gasteiger partial charge in [0.1, 0.15) is 19.3 Å². The molecule has 0 heterocycles. The fourth-order valence-electron chi connectivity index (χ4n) is 10.6. The van der Waals surface area contributed by atoms with E-state index in [4.69, 9.17) is 37.0 Å². The van der Waals surface area contributed by atoms with Crippen molar-refractivity contribution >= 4 is 39.5 Å². The lowest BCUT2D eigenvalue weighted by molar-refractivity contribution is -0.161. The molecular weight excluding hydrogens is 1170 g/mol. The Labute approximate surface area is 543 Å². The smallest absolute Gasteiger partial charge is 0.462 e. The molecule has 89 heavy (non-hydrogen) atoms. The van der Waals surface area contributed by atoms with Crippen molar-refractivity contribution in [3.8, 4) is 0 Å². The first-order valence-corrected chi connectivity index (χ1v) is 39.5. The zero-order chi connectivity index (χ0) is 65.7. The van der Waals surface area contributed by atoms with Crippen LogP contribution in [0.25, 0.3) is 0 Å². The Kier molecular flexibility index (Phi) is 60.8. The Hall–Kier alpha value is -1.94. The average molecular weight is 1310 g/mol. The summed E-state index contributed by atoms with van der Waals surface area (Å²) >= 11 is 0. The normalized spacial score (nSPS) is 14.1. The fourth-order valence-corrected chi connectivity index (χ4v) is 12.2. The molecule has 0 aliphatic heterocycles. The fraction of sp³-hybridized carbons (Fsp3) is 0.943. The van der Waals surface area contributed by atoms with Gasteiger partial charge in [0.25, 0.3) is 0 Å². The predicted octanol–water partition coefficient (Wildman–Crippen LogP) is 20.0. The van der Waals surface area contributed by atoms with Crippen LogP contribution in [0.4, 0.5) is 0 Å². The molecule has 528 valence electrons. The number of aliphatic hydroxyl groups excluding tert-OH is 1. The minimum Gasteiger partial charge on any atom is -0.462 e. The molecule has 2 unspecified atom stereocenters. The summed E-state index contributed by atoms with van der Waals surface area (Å²) in [6.07, 6.45) is 47.3. The van der Waals surface area contributed by atoms with Gasteiger partial charge >= 0.3 is 39.5 Å². The monoisotopic (exact) mass is 1310 g/mol. The number of carbonyl (C=O) groups excluding carboxylic acids is 4. The first kappa shape index (κ1) is 87.1. The molecule has 5 atom stereocenters. The molecule has 0 saturated heterocycles. The SMILES string of the molecule is CCCCCCCCCCCCC(=O)O[C@H](COC(=O)CCCCCCCCC)COP(=O)(O)OC[C@H](O)COP(=O)(O)OC[C@@H](COC(=O)CCCCCCCCCCCCCCC(C)C)OC(=O)CCCCCCCCCCCCCCCCC(C)C. The highest BCUT2D eigenvalue weighted by Crippen LogP contribution is 2.45. The van der Waals surface area contributed by atoms with Gasteiger partial charge in [0.2, 0.25) is 0 Å². The van der Waals surface area contributed by atoms with Crippen LogP contribution in [-0.4, -0.2) is 96.7 Å². The zero-order valence-electron chi connectivity index (χ0n) is 57.7. The van der Waals surface area contributed by atoms with Gasteiger partial charge in [-0.1, -0.05) is 305 Å². The van der Waals surface area contributed by atoms with Crippen molar-refractivity contribution in [1.29, 1.82) is 0 Å². The number of esters is 4. The topological polar surface area (TPSA) is 237 Å². The lowest BCUT2D eigenvalue weighted by Gasteiger charge is -2.21. The van der Waals surface area contributed by atoms with Crippen molar-refractivity contribution < 1.29 is 80.2 Å². The van der Waals surface area contributed by atoms with E-state index in [2.05, 4.69) is 41.5 Å². The van der Waals surface area contributed by atoms with E-state index in [-0.39, 0.29) is 25.7 Å². The molecule has 3 N–H and O–H groups in total.